The van der Waals surface area contributed by atoms with Crippen LogP contribution in [0.15, 0.2) is 0 Å². The lowest BCUT2D eigenvalue weighted by atomic mass is 9.49. The lowest BCUT2D eigenvalue weighted by molar-refractivity contribution is -0.129. The number of hydrogen-bond acceptors (Lipinski definition) is 2. The van der Waals surface area contributed by atoms with Crippen molar-refractivity contribution in [2.45, 2.75) is 90.1 Å². The van der Waals surface area contributed by atoms with E-state index in [0.717, 1.165) is 42.9 Å². The molecule has 0 heterocycles. The van der Waals surface area contributed by atoms with Crippen LogP contribution in [-0.4, -0.2) is 16.5 Å². The van der Waals surface area contributed by atoms with E-state index >= 15 is 0 Å². The van der Waals surface area contributed by atoms with Crippen molar-refractivity contribution in [2.24, 2.45) is 46.8 Å². The first-order valence-electron chi connectivity index (χ1n) is 11.7. The third-order valence-electron chi connectivity index (χ3n) is 9.59. The number of ketones is 1. The van der Waals surface area contributed by atoms with Crippen LogP contribution in [0.25, 0.3) is 0 Å². The van der Waals surface area contributed by atoms with Gasteiger partial charge in [-0.1, -0.05) is 18.8 Å². The molecule has 1 N–H and O–H groups in total. The summed E-state index contributed by atoms with van der Waals surface area (Å²) in [5.74, 6) is 11.9. The van der Waals surface area contributed by atoms with Gasteiger partial charge in [0, 0.05) is 11.8 Å². The Morgan fingerprint density at radius 3 is 2.44 bits per heavy atom. The molecule has 8 atom stereocenters. The molecule has 2 heteroatoms. The van der Waals surface area contributed by atoms with Crippen LogP contribution >= 0.6 is 0 Å². The van der Waals surface area contributed by atoms with Crippen LogP contribution < -0.4 is 0 Å². The van der Waals surface area contributed by atoms with E-state index in [1.165, 1.54) is 51.4 Å². The average molecular weight is 369 g/mol. The van der Waals surface area contributed by atoms with Gasteiger partial charge in [0.1, 0.15) is 11.4 Å². The van der Waals surface area contributed by atoms with Crippen LogP contribution in [0.3, 0.4) is 0 Å². The smallest absolute Gasteiger partial charge is 0.133 e. The number of Topliss-reactive ketones (excluding diaryl/α,β-unsaturated/α-hetero) is 1. The number of rotatable bonds is 1. The first kappa shape index (κ1) is 18.2. The summed E-state index contributed by atoms with van der Waals surface area (Å²) in [4.78, 5) is 12.2. The molecule has 0 aromatic heterocycles. The topological polar surface area (TPSA) is 37.3 Å². The fraction of sp³-hybridized carbons (Fsp3) is 0.880. The fourth-order valence-corrected chi connectivity index (χ4v) is 8.12. The van der Waals surface area contributed by atoms with Crippen molar-refractivity contribution in [1.82, 2.24) is 0 Å². The molecule has 5 fully saturated rings. The predicted molar refractivity (Wildman–Crippen MR) is 107 cm³/mol. The van der Waals surface area contributed by atoms with E-state index in [2.05, 4.69) is 18.8 Å². The number of fused-ring (bicyclic) bond motifs is 5. The zero-order valence-corrected chi connectivity index (χ0v) is 17.2. The second kappa shape index (κ2) is 6.35. The van der Waals surface area contributed by atoms with Crippen molar-refractivity contribution in [2.75, 3.05) is 0 Å². The highest BCUT2D eigenvalue weighted by Gasteiger charge is 2.58. The Bertz CT molecular complexity index is 682. The second-order valence-electron chi connectivity index (χ2n) is 11.0. The number of carbonyl (C=O) groups excluding carboxylic acids is 1. The Hall–Kier alpha value is -0.810. The molecule has 0 aromatic rings. The van der Waals surface area contributed by atoms with Gasteiger partial charge in [-0.2, -0.15) is 0 Å². The van der Waals surface area contributed by atoms with Gasteiger partial charge in [0.15, 0.2) is 0 Å². The maximum atomic E-state index is 12.2. The first-order chi connectivity index (χ1) is 12.9. The average Bonchev–Trinajstić information content (AvgIpc) is 3.39. The molecule has 5 saturated carbocycles. The van der Waals surface area contributed by atoms with Crippen LogP contribution in [0.4, 0.5) is 0 Å². The predicted octanol–water partition coefficient (Wildman–Crippen LogP) is 4.99. The maximum Gasteiger partial charge on any atom is 0.133 e. The summed E-state index contributed by atoms with van der Waals surface area (Å²) >= 11 is 0. The largest absolute Gasteiger partial charge is 0.378 e. The molecule has 0 spiro atoms. The van der Waals surface area contributed by atoms with Crippen molar-refractivity contribution in [3.05, 3.63) is 0 Å². The summed E-state index contributed by atoms with van der Waals surface area (Å²) in [5, 5.41) is 11.1. The van der Waals surface area contributed by atoms with Crippen LogP contribution in [0, 0.1) is 58.7 Å². The normalized spacial score (nSPS) is 51.4. The van der Waals surface area contributed by atoms with Crippen LogP contribution in [-0.2, 0) is 4.79 Å². The van der Waals surface area contributed by atoms with Crippen LogP contribution in [0.1, 0.15) is 84.5 Å². The summed E-state index contributed by atoms with van der Waals surface area (Å²) in [6.07, 6.45) is 13.0. The molecule has 0 saturated heterocycles. The van der Waals surface area contributed by atoms with Crippen molar-refractivity contribution in [1.29, 1.82) is 0 Å². The molecule has 5 aliphatic carbocycles. The Labute approximate surface area is 164 Å². The van der Waals surface area contributed by atoms with Gasteiger partial charge in [-0.05, 0) is 113 Å². The summed E-state index contributed by atoms with van der Waals surface area (Å²) < 4.78 is 0. The van der Waals surface area contributed by atoms with Gasteiger partial charge in [-0.15, -0.1) is 0 Å². The molecule has 0 aromatic carbocycles. The molecule has 0 aliphatic heterocycles. The molecule has 0 radical (unpaired) electrons. The molecule has 5 aliphatic rings. The van der Waals surface area contributed by atoms with Crippen LogP contribution in [0.2, 0.25) is 0 Å². The van der Waals surface area contributed by atoms with Gasteiger partial charge in [0.05, 0.1) is 0 Å². The van der Waals surface area contributed by atoms with E-state index in [1.807, 2.05) is 6.92 Å². The minimum Gasteiger partial charge on any atom is -0.378 e. The molecular formula is C25H36O2. The highest BCUT2D eigenvalue weighted by atomic mass is 16.3. The summed E-state index contributed by atoms with van der Waals surface area (Å²) in [6, 6.07) is 0. The zero-order valence-electron chi connectivity index (χ0n) is 17.2. The molecule has 27 heavy (non-hydrogen) atoms. The van der Waals surface area contributed by atoms with Gasteiger partial charge in [0.2, 0.25) is 0 Å². The van der Waals surface area contributed by atoms with E-state index in [0.29, 0.717) is 23.5 Å². The lowest BCUT2D eigenvalue weighted by Gasteiger charge is -2.56. The van der Waals surface area contributed by atoms with Gasteiger partial charge >= 0.3 is 0 Å². The Morgan fingerprint density at radius 1 is 0.926 bits per heavy atom. The van der Waals surface area contributed by atoms with E-state index in [-0.39, 0.29) is 5.41 Å². The third-order valence-corrected chi connectivity index (χ3v) is 9.59. The van der Waals surface area contributed by atoms with Crippen LogP contribution in [0.5, 0.6) is 0 Å². The highest BCUT2D eigenvalue weighted by molar-refractivity contribution is 5.79. The van der Waals surface area contributed by atoms with Gasteiger partial charge in [-0.3, -0.25) is 4.79 Å². The number of aliphatic hydroxyl groups is 1. The summed E-state index contributed by atoms with van der Waals surface area (Å²) in [6.45, 7) is 4.26. The minimum absolute atomic E-state index is 0.269. The Kier molecular flexibility index (Phi) is 4.29. The molecule has 2 nitrogen and oxygen atoms in total. The molecule has 1 unspecified atom stereocenters. The van der Waals surface area contributed by atoms with Gasteiger partial charge < -0.3 is 5.11 Å². The summed E-state index contributed by atoms with van der Waals surface area (Å²) in [7, 11) is 0. The molecule has 0 bridgehead atoms. The van der Waals surface area contributed by atoms with Crippen molar-refractivity contribution < 1.29 is 9.90 Å². The van der Waals surface area contributed by atoms with Crippen molar-refractivity contribution in [3.8, 4) is 11.8 Å². The van der Waals surface area contributed by atoms with E-state index in [4.69, 9.17) is 0 Å². The van der Waals surface area contributed by atoms with E-state index < -0.39 is 5.60 Å². The monoisotopic (exact) mass is 368 g/mol. The first-order valence-corrected chi connectivity index (χ1v) is 11.7. The molecule has 0 amide bonds. The third kappa shape index (κ3) is 3.00. The van der Waals surface area contributed by atoms with Gasteiger partial charge in [-0.25, -0.2) is 0 Å². The standard InChI is InChI=1S/C25H36O2/c1-16(26)22-7-8-23-21-6-5-18-15-25(27,13-9-17-3-4-17)14-11-19(18)20(21)10-12-24(22,23)2/h17-23,27H,3-8,10-12,14-15H2,1-2H3/t18?,19-,20+,21+,22+,23-,24+,25+/m0/s1. The van der Waals surface area contributed by atoms with E-state index in [9.17, 15) is 9.90 Å². The van der Waals surface area contributed by atoms with E-state index in [1.54, 1.807) is 0 Å². The Balaban J connectivity index is 1.32. The summed E-state index contributed by atoms with van der Waals surface area (Å²) in [5.41, 5.74) is -0.433. The molecule has 5 rings (SSSR count). The van der Waals surface area contributed by atoms with Gasteiger partial charge in [0.25, 0.3) is 0 Å². The highest BCUT2D eigenvalue weighted by Crippen LogP contribution is 2.64. The second-order valence-corrected chi connectivity index (χ2v) is 11.0. The maximum absolute atomic E-state index is 12.2. The Morgan fingerprint density at radius 2 is 1.70 bits per heavy atom. The fourth-order valence-electron chi connectivity index (χ4n) is 8.12. The lowest BCUT2D eigenvalue weighted by Crippen LogP contribution is -2.51. The van der Waals surface area contributed by atoms with Crippen molar-refractivity contribution in [3.63, 3.8) is 0 Å². The zero-order chi connectivity index (χ0) is 18.8. The van der Waals surface area contributed by atoms with Crippen molar-refractivity contribution >= 4 is 5.78 Å². The molecular weight excluding hydrogens is 332 g/mol. The SMILES string of the molecule is CC(=O)[C@H]1CC[C@H]2[C@@H]3CCC4C[C@@](O)(C#CC5CC5)CC[C@@H]4[C@H]3CC[C@]12C. The molecule has 148 valence electrons. The number of hydrogen-bond donors (Lipinski definition) is 1. The quantitative estimate of drug-likeness (QED) is 0.662. The number of carbonyl (C=O) groups is 1. The minimum atomic E-state index is -0.702.